The van der Waals surface area contributed by atoms with Gasteiger partial charge in [-0.25, -0.2) is 9.36 Å². The van der Waals surface area contributed by atoms with E-state index in [1.807, 2.05) is 0 Å². The lowest BCUT2D eigenvalue weighted by atomic mass is 10.1. The minimum atomic E-state index is -4.81. The molecule has 3 aromatic rings. The van der Waals surface area contributed by atoms with E-state index in [-0.39, 0.29) is 11.5 Å². The number of Topliss-reactive ketones (excluding diaryl/α,β-unsaturated/α-hetero) is 1. The summed E-state index contributed by atoms with van der Waals surface area (Å²) in [6, 6.07) is 5.05. The summed E-state index contributed by atoms with van der Waals surface area (Å²) in [5, 5.41) is 0.660. The van der Waals surface area contributed by atoms with E-state index >= 15 is 0 Å². The van der Waals surface area contributed by atoms with Crippen LogP contribution in [0.2, 0.25) is 0 Å². The molecule has 0 amide bonds. The van der Waals surface area contributed by atoms with E-state index in [1.165, 1.54) is 30.6 Å². The van der Waals surface area contributed by atoms with Crippen molar-refractivity contribution in [2.24, 2.45) is 7.05 Å². The molecule has 0 aliphatic rings. The Morgan fingerprint density at radius 2 is 1.93 bits per heavy atom. The Morgan fingerprint density at radius 3 is 2.56 bits per heavy atom. The van der Waals surface area contributed by atoms with Gasteiger partial charge in [-0.3, -0.25) is 9.36 Å². The SMILES string of the molecule is CC(=O)CCc1nsc2ccc(-n3c(=O)cc(C(F)(F)F)n(C)c3=O)cc12. The van der Waals surface area contributed by atoms with E-state index in [0.717, 1.165) is 11.7 Å². The number of carbonyl (C=O) groups excluding carboxylic acids is 1. The minimum Gasteiger partial charge on any atom is -0.300 e. The number of benzene rings is 1. The lowest BCUT2D eigenvalue weighted by Crippen LogP contribution is -2.40. The molecule has 2 heterocycles. The minimum absolute atomic E-state index is 0.000123. The molecule has 0 atom stereocenters. The monoisotopic (exact) mass is 397 g/mol. The number of ketones is 1. The van der Waals surface area contributed by atoms with E-state index in [2.05, 4.69) is 4.37 Å². The van der Waals surface area contributed by atoms with Gasteiger partial charge in [0.15, 0.2) is 0 Å². The Labute approximate surface area is 154 Å². The molecule has 0 bridgehead atoms. The van der Waals surface area contributed by atoms with E-state index in [1.54, 1.807) is 6.07 Å². The van der Waals surface area contributed by atoms with Gasteiger partial charge in [-0.05, 0) is 43.1 Å². The van der Waals surface area contributed by atoms with Crippen LogP contribution in [0.15, 0.2) is 33.9 Å². The summed E-state index contributed by atoms with van der Waals surface area (Å²) in [5.74, 6) is 0.000123. The average Bonchev–Trinajstić information content (AvgIpc) is 2.98. The van der Waals surface area contributed by atoms with Gasteiger partial charge in [-0.1, -0.05) is 0 Å². The van der Waals surface area contributed by atoms with E-state index < -0.39 is 23.1 Å². The molecular weight excluding hydrogens is 383 g/mol. The lowest BCUT2D eigenvalue weighted by Gasteiger charge is -2.14. The largest absolute Gasteiger partial charge is 0.431 e. The van der Waals surface area contributed by atoms with Crippen molar-refractivity contribution in [1.29, 1.82) is 0 Å². The van der Waals surface area contributed by atoms with Crippen LogP contribution in [0.1, 0.15) is 24.7 Å². The second-order valence-corrected chi connectivity index (χ2v) is 6.86. The van der Waals surface area contributed by atoms with Crippen LogP contribution in [0, 0.1) is 0 Å². The van der Waals surface area contributed by atoms with Gasteiger partial charge >= 0.3 is 11.9 Å². The first-order valence-electron chi connectivity index (χ1n) is 7.88. The van der Waals surface area contributed by atoms with Crippen molar-refractivity contribution in [3.05, 3.63) is 56.5 Å². The highest BCUT2D eigenvalue weighted by molar-refractivity contribution is 7.13. The van der Waals surface area contributed by atoms with E-state index in [4.69, 9.17) is 0 Å². The predicted octanol–water partition coefficient (Wildman–Crippen LogP) is 2.69. The molecule has 142 valence electrons. The number of hydrogen-bond acceptors (Lipinski definition) is 5. The molecule has 2 aromatic heterocycles. The topological polar surface area (TPSA) is 74.0 Å². The molecule has 0 unspecified atom stereocenters. The maximum Gasteiger partial charge on any atom is 0.431 e. The van der Waals surface area contributed by atoms with Crippen molar-refractivity contribution >= 4 is 27.4 Å². The molecule has 10 heteroatoms. The van der Waals surface area contributed by atoms with Gasteiger partial charge in [0.05, 0.1) is 16.1 Å². The Balaban J connectivity index is 2.17. The van der Waals surface area contributed by atoms with E-state index in [9.17, 15) is 27.6 Å². The van der Waals surface area contributed by atoms with Gasteiger partial charge in [0.25, 0.3) is 5.56 Å². The summed E-state index contributed by atoms with van der Waals surface area (Å²) in [6.07, 6.45) is -4.11. The Morgan fingerprint density at radius 1 is 1.22 bits per heavy atom. The van der Waals surface area contributed by atoms with Crippen LogP contribution >= 0.6 is 11.5 Å². The molecule has 1 aromatic carbocycles. The quantitative estimate of drug-likeness (QED) is 0.679. The third-order valence-corrected chi connectivity index (χ3v) is 4.98. The van der Waals surface area contributed by atoms with Crippen LogP contribution in [-0.2, 0) is 24.4 Å². The Hall–Kier alpha value is -2.75. The number of aromatic nitrogens is 3. The first-order valence-corrected chi connectivity index (χ1v) is 8.65. The zero-order valence-corrected chi connectivity index (χ0v) is 15.1. The summed E-state index contributed by atoms with van der Waals surface area (Å²) >= 11 is 1.21. The second-order valence-electron chi connectivity index (χ2n) is 6.05. The standard InChI is InChI=1S/C17H14F3N3O3S/c1-9(24)3-5-12-11-7-10(4-6-13(11)27-21-12)23-15(25)8-14(17(18,19)20)22(2)16(23)26/h4,6-8H,3,5H2,1-2H3. The molecule has 6 nitrogen and oxygen atoms in total. The fraction of sp³-hybridized carbons (Fsp3) is 0.294. The van der Waals surface area contributed by atoms with Gasteiger partial charge in [-0.15, -0.1) is 0 Å². The van der Waals surface area contributed by atoms with Gasteiger partial charge < -0.3 is 4.79 Å². The molecule has 0 aliphatic heterocycles. The number of halogens is 3. The first-order chi connectivity index (χ1) is 12.6. The summed E-state index contributed by atoms with van der Waals surface area (Å²) in [4.78, 5) is 35.8. The summed E-state index contributed by atoms with van der Waals surface area (Å²) in [6.45, 7) is 1.46. The number of hydrogen-bond donors (Lipinski definition) is 0. The van der Waals surface area contributed by atoms with Gasteiger partial charge in [0, 0.05) is 24.9 Å². The third kappa shape index (κ3) is 3.57. The molecule has 0 N–H and O–H groups in total. The average molecular weight is 397 g/mol. The second kappa shape index (κ2) is 6.76. The number of rotatable bonds is 4. The summed E-state index contributed by atoms with van der Waals surface area (Å²) < 4.78 is 45.1. The molecule has 0 saturated heterocycles. The Kier molecular flexibility index (Phi) is 4.77. The fourth-order valence-electron chi connectivity index (χ4n) is 2.73. The maximum absolute atomic E-state index is 13.0. The van der Waals surface area contributed by atoms with Crippen molar-refractivity contribution in [3.8, 4) is 5.69 Å². The van der Waals surface area contributed by atoms with Crippen LogP contribution in [0.3, 0.4) is 0 Å². The molecule has 0 aliphatic carbocycles. The summed E-state index contributed by atoms with van der Waals surface area (Å²) in [5.41, 5.74) is -2.69. The van der Waals surface area contributed by atoms with Crippen molar-refractivity contribution in [2.75, 3.05) is 0 Å². The fourth-order valence-corrected chi connectivity index (χ4v) is 3.53. The first kappa shape index (κ1) is 19.0. The lowest BCUT2D eigenvalue weighted by molar-refractivity contribution is -0.144. The van der Waals surface area contributed by atoms with Crippen LogP contribution in [-0.4, -0.2) is 19.3 Å². The normalized spacial score (nSPS) is 11.9. The number of carbonyl (C=O) groups is 1. The van der Waals surface area contributed by atoms with Crippen molar-refractivity contribution in [2.45, 2.75) is 25.9 Å². The van der Waals surface area contributed by atoms with Gasteiger partial charge in [0.1, 0.15) is 11.5 Å². The van der Waals surface area contributed by atoms with Gasteiger partial charge in [0.2, 0.25) is 0 Å². The van der Waals surface area contributed by atoms with Crippen LogP contribution in [0.25, 0.3) is 15.8 Å². The number of nitrogens with zero attached hydrogens (tertiary/aromatic N) is 3. The highest BCUT2D eigenvalue weighted by Crippen LogP contribution is 2.28. The zero-order valence-electron chi connectivity index (χ0n) is 14.3. The van der Waals surface area contributed by atoms with Crippen molar-refractivity contribution in [1.82, 2.24) is 13.5 Å². The molecule has 0 fully saturated rings. The third-order valence-electron chi connectivity index (χ3n) is 4.11. The smallest absolute Gasteiger partial charge is 0.300 e. The zero-order chi connectivity index (χ0) is 19.9. The molecule has 0 spiro atoms. The highest BCUT2D eigenvalue weighted by atomic mass is 32.1. The Bertz CT molecular complexity index is 1160. The predicted molar refractivity (Wildman–Crippen MR) is 94.5 cm³/mol. The maximum atomic E-state index is 13.0. The summed E-state index contributed by atoms with van der Waals surface area (Å²) in [7, 11) is 0.962. The molecular formula is C17H14F3N3O3S. The molecule has 0 radical (unpaired) electrons. The molecule has 27 heavy (non-hydrogen) atoms. The van der Waals surface area contributed by atoms with Crippen molar-refractivity contribution < 1.29 is 18.0 Å². The number of alkyl halides is 3. The van der Waals surface area contributed by atoms with Crippen LogP contribution in [0.5, 0.6) is 0 Å². The van der Waals surface area contributed by atoms with Crippen LogP contribution < -0.4 is 11.2 Å². The molecule has 0 saturated carbocycles. The highest BCUT2D eigenvalue weighted by Gasteiger charge is 2.35. The number of fused-ring (bicyclic) bond motifs is 1. The number of aryl methyl sites for hydroxylation is 1. The van der Waals surface area contributed by atoms with Gasteiger partial charge in [-0.2, -0.15) is 17.5 Å². The molecule has 3 rings (SSSR count). The van der Waals surface area contributed by atoms with Crippen molar-refractivity contribution in [3.63, 3.8) is 0 Å². The van der Waals surface area contributed by atoms with Crippen LogP contribution in [0.4, 0.5) is 13.2 Å². The van der Waals surface area contributed by atoms with E-state index in [0.29, 0.717) is 39.1 Å².